The zero-order valence-electron chi connectivity index (χ0n) is 16.1. The summed E-state index contributed by atoms with van der Waals surface area (Å²) in [6.07, 6.45) is 4.17. The lowest BCUT2D eigenvalue weighted by molar-refractivity contribution is 0.100. The van der Waals surface area contributed by atoms with Crippen LogP contribution in [0.4, 0.5) is 11.4 Å². The third-order valence-corrected chi connectivity index (χ3v) is 5.31. The van der Waals surface area contributed by atoms with Crippen LogP contribution in [0.25, 0.3) is 0 Å². The number of primary amides is 1. The SMILES string of the molecule is CC(C)N1CCCC(c2ccc(N=Cc3cccc(C(N)=O)c3N)cc2)C1. The largest absolute Gasteiger partial charge is 0.398 e. The van der Waals surface area contributed by atoms with E-state index in [9.17, 15) is 4.79 Å². The van der Waals surface area contributed by atoms with Crippen LogP contribution >= 0.6 is 0 Å². The molecule has 27 heavy (non-hydrogen) atoms. The van der Waals surface area contributed by atoms with E-state index in [2.05, 4.69) is 35.9 Å². The predicted molar refractivity (Wildman–Crippen MR) is 112 cm³/mol. The Hall–Kier alpha value is -2.66. The van der Waals surface area contributed by atoms with Crippen molar-refractivity contribution in [3.05, 3.63) is 59.2 Å². The van der Waals surface area contributed by atoms with Gasteiger partial charge in [-0.15, -0.1) is 0 Å². The number of hydrogen-bond acceptors (Lipinski definition) is 4. The number of nitrogen functional groups attached to an aromatic ring is 1. The van der Waals surface area contributed by atoms with Crippen molar-refractivity contribution in [2.75, 3.05) is 18.8 Å². The van der Waals surface area contributed by atoms with E-state index < -0.39 is 5.91 Å². The van der Waals surface area contributed by atoms with Gasteiger partial charge in [-0.1, -0.05) is 24.3 Å². The summed E-state index contributed by atoms with van der Waals surface area (Å²) in [4.78, 5) is 18.4. The maximum Gasteiger partial charge on any atom is 0.250 e. The number of nitrogens with two attached hydrogens (primary N) is 2. The molecule has 1 saturated heterocycles. The molecule has 0 spiro atoms. The molecule has 1 fully saturated rings. The molecule has 3 rings (SSSR count). The van der Waals surface area contributed by atoms with E-state index in [4.69, 9.17) is 11.5 Å². The van der Waals surface area contributed by atoms with E-state index in [0.717, 1.165) is 12.2 Å². The van der Waals surface area contributed by atoms with E-state index in [1.54, 1.807) is 18.3 Å². The summed E-state index contributed by atoms with van der Waals surface area (Å²) in [7, 11) is 0. The molecule has 2 aromatic carbocycles. The molecule has 0 saturated carbocycles. The summed E-state index contributed by atoms with van der Waals surface area (Å²) >= 11 is 0. The number of carbonyl (C=O) groups excluding carboxylic acids is 1. The predicted octanol–water partition coefficient (Wildman–Crippen LogP) is 3.71. The molecule has 1 heterocycles. The molecule has 0 aliphatic carbocycles. The van der Waals surface area contributed by atoms with E-state index in [1.165, 1.54) is 24.9 Å². The number of amides is 1. The number of anilines is 1. The Kier molecular flexibility index (Phi) is 5.91. The summed E-state index contributed by atoms with van der Waals surface area (Å²) < 4.78 is 0. The Balaban J connectivity index is 1.72. The molecule has 1 atom stereocenters. The van der Waals surface area contributed by atoms with Gasteiger partial charge < -0.3 is 16.4 Å². The van der Waals surface area contributed by atoms with E-state index in [0.29, 0.717) is 28.8 Å². The van der Waals surface area contributed by atoms with Gasteiger partial charge in [0.05, 0.1) is 16.9 Å². The van der Waals surface area contributed by atoms with Gasteiger partial charge in [-0.25, -0.2) is 0 Å². The Morgan fingerprint density at radius 3 is 2.63 bits per heavy atom. The molecule has 142 valence electrons. The number of hydrogen-bond donors (Lipinski definition) is 2. The third-order valence-electron chi connectivity index (χ3n) is 5.31. The standard InChI is InChI=1S/C22H28N4O/c1-15(2)26-12-4-6-18(14-26)16-8-10-19(11-9-16)25-13-17-5-3-7-20(21(17)23)22(24)27/h3,5,7-11,13,15,18H,4,6,12,14,23H2,1-2H3,(H2,24,27). The van der Waals surface area contributed by atoms with Crippen LogP contribution in [0, 0.1) is 0 Å². The number of nitrogens with zero attached hydrogens (tertiary/aromatic N) is 2. The number of carbonyl (C=O) groups is 1. The molecule has 0 radical (unpaired) electrons. The number of aliphatic imine (C=N–C) groups is 1. The average molecular weight is 364 g/mol. The first-order chi connectivity index (χ1) is 13.0. The van der Waals surface area contributed by atoms with E-state index in [-0.39, 0.29) is 0 Å². The van der Waals surface area contributed by atoms with E-state index >= 15 is 0 Å². The van der Waals surface area contributed by atoms with Crippen molar-refractivity contribution in [1.82, 2.24) is 4.90 Å². The van der Waals surface area contributed by atoms with Gasteiger partial charge in [-0.05, 0) is 62.9 Å². The fourth-order valence-corrected chi connectivity index (χ4v) is 3.63. The molecule has 0 bridgehead atoms. The summed E-state index contributed by atoms with van der Waals surface area (Å²) in [5.41, 5.74) is 15.0. The zero-order valence-corrected chi connectivity index (χ0v) is 16.1. The van der Waals surface area contributed by atoms with Gasteiger partial charge in [0, 0.05) is 24.4 Å². The number of piperidine rings is 1. The highest BCUT2D eigenvalue weighted by Crippen LogP contribution is 2.29. The summed E-state index contributed by atoms with van der Waals surface area (Å²) in [5, 5.41) is 0. The minimum absolute atomic E-state index is 0.321. The lowest BCUT2D eigenvalue weighted by Gasteiger charge is -2.35. The molecular weight excluding hydrogens is 336 g/mol. The maximum atomic E-state index is 11.4. The van der Waals surface area contributed by atoms with Crippen LogP contribution in [0.1, 0.15) is 54.1 Å². The van der Waals surface area contributed by atoms with Crippen molar-refractivity contribution in [3.63, 3.8) is 0 Å². The highest BCUT2D eigenvalue weighted by Gasteiger charge is 2.22. The minimum Gasteiger partial charge on any atom is -0.398 e. The highest BCUT2D eigenvalue weighted by atomic mass is 16.1. The topological polar surface area (TPSA) is 84.7 Å². The first kappa shape index (κ1) is 19.1. The van der Waals surface area contributed by atoms with Crippen LogP contribution in [-0.4, -0.2) is 36.2 Å². The third kappa shape index (κ3) is 4.55. The monoisotopic (exact) mass is 364 g/mol. The van der Waals surface area contributed by atoms with Gasteiger partial charge >= 0.3 is 0 Å². The molecule has 5 heteroatoms. The number of para-hydroxylation sites is 1. The quantitative estimate of drug-likeness (QED) is 0.626. The Morgan fingerprint density at radius 2 is 1.96 bits per heavy atom. The molecule has 4 N–H and O–H groups in total. The van der Waals surface area contributed by atoms with Crippen molar-refractivity contribution < 1.29 is 4.79 Å². The summed E-state index contributed by atoms with van der Waals surface area (Å²) in [6.45, 7) is 6.84. The van der Waals surface area contributed by atoms with Gasteiger partial charge in [0.2, 0.25) is 0 Å². The van der Waals surface area contributed by atoms with Crippen molar-refractivity contribution in [1.29, 1.82) is 0 Å². The second-order valence-corrected chi connectivity index (χ2v) is 7.45. The maximum absolute atomic E-state index is 11.4. The second-order valence-electron chi connectivity index (χ2n) is 7.45. The summed E-state index contributed by atoms with van der Waals surface area (Å²) in [5.74, 6) is 0.0529. The second kappa shape index (κ2) is 8.35. The highest BCUT2D eigenvalue weighted by molar-refractivity contribution is 6.02. The molecule has 2 aromatic rings. The summed E-state index contributed by atoms with van der Waals surface area (Å²) in [6, 6.07) is 14.2. The first-order valence-corrected chi connectivity index (χ1v) is 9.52. The molecule has 1 amide bonds. The van der Waals surface area contributed by atoms with Crippen molar-refractivity contribution in [2.45, 2.75) is 38.6 Å². The van der Waals surface area contributed by atoms with Crippen LogP contribution in [0.5, 0.6) is 0 Å². The Labute approximate surface area is 161 Å². The lowest BCUT2D eigenvalue weighted by atomic mass is 9.90. The molecule has 0 aromatic heterocycles. The van der Waals surface area contributed by atoms with Crippen molar-refractivity contribution in [2.24, 2.45) is 10.7 Å². The number of rotatable bonds is 5. The number of benzene rings is 2. The Bertz CT molecular complexity index is 827. The van der Waals surface area contributed by atoms with Crippen LogP contribution in [0.2, 0.25) is 0 Å². The smallest absolute Gasteiger partial charge is 0.250 e. The van der Waals surface area contributed by atoms with Gasteiger partial charge in [0.1, 0.15) is 0 Å². The zero-order chi connectivity index (χ0) is 19.4. The van der Waals surface area contributed by atoms with Crippen LogP contribution in [-0.2, 0) is 0 Å². The molecule has 5 nitrogen and oxygen atoms in total. The van der Waals surface area contributed by atoms with Crippen LogP contribution in [0.15, 0.2) is 47.5 Å². The number of likely N-dealkylation sites (tertiary alicyclic amines) is 1. The van der Waals surface area contributed by atoms with Crippen molar-refractivity contribution in [3.8, 4) is 0 Å². The Morgan fingerprint density at radius 1 is 1.22 bits per heavy atom. The van der Waals surface area contributed by atoms with Gasteiger partial charge in [-0.2, -0.15) is 0 Å². The van der Waals surface area contributed by atoms with E-state index in [1.807, 2.05) is 18.2 Å². The molecule has 1 aliphatic heterocycles. The molecule has 1 unspecified atom stereocenters. The van der Waals surface area contributed by atoms with Gasteiger partial charge in [0.25, 0.3) is 5.91 Å². The van der Waals surface area contributed by atoms with Crippen molar-refractivity contribution >= 4 is 23.5 Å². The minimum atomic E-state index is -0.532. The van der Waals surface area contributed by atoms with Crippen LogP contribution in [0.3, 0.4) is 0 Å². The first-order valence-electron chi connectivity index (χ1n) is 9.52. The average Bonchev–Trinajstić information content (AvgIpc) is 2.67. The van der Waals surface area contributed by atoms with Crippen LogP contribution < -0.4 is 11.5 Å². The lowest BCUT2D eigenvalue weighted by Crippen LogP contribution is -2.39. The normalized spacial score (nSPS) is 18.3. The van der Waals surface area contributed by atoms with Gasteiger partial charge in [0.15, 0.2) is 0 Å². The molecular formula is C22H28N4O. The molecule has 1 aliphatic rings. The van der Waals surface area contributed by atoms with Gasteiger partial charge in [-0.3, -0.25) is 9.79 Å². The fraction of sp³-hybridized carbons (Fsp3) is 0.364. The fourth-order valence-electron chi connectivity index (χ4n) is 3.63.